The molecule has 0 aromatic carbocycles. The number of rotatable bonds is 2. The highest BCUT2D eigenvalue weighted by Crippen LogP contribution is 2.28. The predicted molar refractivity (Wildman–Crippen MR) is 90.0 cm³/mol. The minimum absolute atomic E-state index is 0.0550. The van der Waals surface area contributed by atoms with Crippen LogP contribution in [0.15, 0.2) is 23.0 Å². The van der Waals surface area contributed by atoms with Crippen LogP contribution in [-0.2, 0) is 19.9 Å². The second-order valence-corrected chi connectivity index (χ2v) is 6.85. The summed E-state index contributed by atoms with van der Waals surface area (Å²) in [6, 6.07) is 4.48. The monoisotopic (exact) mass is 346 g/mol. The van der Waals surface area contributed by atoms with Gasteiger partial charge in [0.1, 0.15) is 0 Å². The van der Waals surface area contributed by atoms with Crippen LogP contribution in [0.25, 0.3) is 0 Å². The number of hydrogen-bond donors (Lipinski definition) is 2. The Balaban J connectivity index is 1.64. The van der Waals surface area contributed by atoms with E-state index in [4.69, 9.17) is 0 Å². The van der Waals surface area contributed by atoms with Crippen molar-refractivity contribution in [2.75, 3.05) is 0 Å². The summed E-state index contributed by atoms with van der Waals surface area (Å²) >= 11 is 1.48. The van der Waals surface area contributed by atoms with Gasteiger partial charge < -0.3 is 0 Å². The Labute approximate surface area is 142 Å². The number of aromatic nitrogens is 2. The average molecular weight is 346 g/mol. The largest absolute Gasteiger partial charge is 0.290 e. The summed E-state index contributed by atoms with van der Waals surface area (Å²) in [4.78, 5) is 37.3. The van der Waals surface area contributed by atoms with E-state index < -0.39 is 5.91 Å². The van der Waals surface area contributed by atoms with E-state index in [-0.39, 0.29) is 17.2 Å². The maximum absolute atomic E-state index is 12.2. The van der Waals surface area contributed by atoms with Crippen LogP contribution in [0.1, 0.15) is 49.9 Å². The van der Waals surface area contributed by atoms with Crippen LogP contribution in [0.3, 0.4) is 0 Å². The number of hydrazine groups is 1. The molecular weight excluding hydrogens is 328 g/mol. The summed E-state index contributed by atoms with van der Waals surface area (Å²) in [5.74, 6) is -0.914. The number of nitrogens with zero attached hydrogens (tertiary/aromatic N) is 2. The maximum Gasteiger partial charge on any atom is 0.290 e. The van der Waals surface area contributed by atoms with Crippen molar-refractivity contribution < 1.29 is 9.59 Å². The number of hydrogen-bond acceptors (Lipinski definition) is 5. The zero-order valence-corrected chi connectivity index (χ0v) is 14.1. The fourth-order valence-corrected chi connectivity index (χ4v) is 3.79. The highest BCUT2D eigenvalue weighted by atomic mass is 32.1. The van der Waals surface area contributed by atoms with Gasteiger partial charge in [0.05, 0.1) is 4.88 Å². The first-order chi connectivity index (χ1) is 11.5. The first-order valence-corrected chi connectivity index (χ1v) is 8.63. The summed E-state index contributed by atoms with van der Waals surface area (Å²) in [5, 5.41) is 3.83. The fraction of sp³-hybridized carbons (Fsp3) is 0.375. The lowest BCUT2D eigenvalue weighted by Gasteiger charge is -2.06. The van der Waals surface area contributed by atoms with Gasteiger partial charge in [0, 0.05) is 18.0 Å². The Bertz CT molecular complexity index is 817. The van der Waals surface area contributed by atoms with Crippen LogP contribution in [-0.4, -0.2) is 21.6 Å². The standard InChI is InChI=1S/C16H18N4O3S/c1-20-14(21)8-7-11(19-20)15(22)17-18-16(23)13-9-10-5-3-2-4-6-12(10)24-13/h7-9H,2-6H2,1H3,(H,17,22)(H,18,23). The molecule has 0 radical (unpaired) electrons. The van der Waals surface area contributed by atoms with Gasteiger partial charge in [-0.2, -0.15) is 5.10 Å². The molecule has 126 valence electrons. The number of thiophene rings is 1. The molecule has 2 aromatic heterocycles. The Morgan fingerprint density at radius 2 is 1.88 bits per heavy atom. The van der Waals surface area contributed by atoms with Crippen molar-refractivity contribution in [1.82, 2.24) is 20.6 Å². The molecule has 0 atom stereocenters. The van der Waals surface area contributed by atoms with Crippen LogP contribution in [0.2, 0.25) is 0 Å². The summed E-state index contributed by atoms with van der Waals surface area (Å²) < 4.78 is 1.06. The van der Waals surface area contributed by atoms with Crippen molar-refractivity contribution in [1.29, 1.82) is 0 Å². The number of fused-ring (bicyclic) bond motifs is 1. The fourth-order valence-electron chi connectivity index (χ4n) is 2.64. The van der Waals surface area contributed by atoms with Gasteiger partial charge in [-0.3, -0.25) is 25.2 Å². The van der Waals surface area contributed by atoms with E-state index in [0.717, 1.165) is 30.4 Å². The minimum Gasteiger partial charge on any atom is -0.268 e. The van der Waals surface area contributed by atoms with E-state index in [1.807, 2.05) is 6.07 Å². The van der Waals surface area contributed by atoms with E-state index in [1.165, 1.54) is 47.4 Å². The van der Waals surface area contributed by atoms with Gasteiger partial charge >= 0.3 is 0 Å². The van der Waals surface area contributed by atoms with Crippen molar-refractivity contribution >= 4 is 23.2 Å². The van der Waals surface area contributed by atoms with E-state index in [9.17, 15) is 14.4 Å². The molecule has 0 saturated carbocycles. The summed E-state index contributed by atoms with van der Waals surface area (Å²) in [7, 11) is 1.45. The minimum atomic E-state index is -0.572. The number of nitrogens with one attached hydrogen (secondary N) is 2. The summed E-state index contributed by atoms with van der Waals surface area (Å²) in [5.41, 5.74) is 5.72. The van der Waals surface area contributed by atoms with Crippen LogP contribution < -0.4 is 16.4 Å². The highest BCUT2D eigenvalue weighted by molar-refractivity contribution is 7.14. The van der Waals surface area contributed by atoms with Gasteiger partial charge in [-0.1, -0.05) is 6.42 Å². The molecule has 2 N–H and O–H groups in total. The summed E-state index contributed by atoms with van der Waals surface area (Å²) in [6.45, 7) is 0. The number of aryl methyl sites for hydroxylation is 3. The molecule has 0 bridgehead atoms. The molecule has 1 aliphatic rings. The first-order valence-electron chi connectivity index (χ1n) is 7.81. The predicted octanol–water partition coefficient (Wildman–Crippen LogP) is 1.19. The molecule has 2 amide bonds. The second kappa shape index (κ2) is 6.96. The highest BCUT2D eigenvalue weighted by Gasteiger charge is 2.17. The van der Waals surface area contributed by atoms with Crippen LogP contribution in [0.5, 0.6) is 0 Å². The quantitative estimate of drug-likeness (QED) is 0.631. The van der Waals surface area contributed by atoms with Gasteiger partial charge in [-0.15, -0.1) is 11.3 Å². The van der Waals surface area contributed by atoms with Gasteiger partial charge in [0.15, 0.2) is 5.69 Å². The smallest absolute Gasteiger partial charge is 0.268 e. The zero-order chi connectivity index (χ0) is 17.1. The van der Waals surface area contributed by atoms with Crippen molar-refractivity contribution in [3.8, 4) is 0 Å². The van der Waals surface area contributed by atoms with Crippen molar-refractivity contribution in [2.24, 2.45) is 7.05 Å². The molecule has 0 aliphatic heterocycles. The molecule has 0 fully saturated rings. The topological polar surface area (TPSA) is 93.1 Å². The van der Waals surface area contributed by atoms with Crippen LogP contribution in [0, 0.1) is 0 Å². The molecule has 3 rings (SSSR count). The normalized spacial score (nSPS) is 13.7. The van der Waals surface area contributed by atoms with E-state index in [2.05, 4.69) is 16.0 Å². The van der Waals surface area contributed by atoms with Gasteiger partial charge in [0.25, 0.3) is 17.4 Å². The average Bonchev–Trinajstić information content (AvgIpc) is 2.85. The third-order valence-electron chi connectivity index (χ3n) is 3.95. The molecule has 1 aliphatic carbocycles. The Morgan fingerprint density at radius 1 is 1.12 bits per heavy atom. The zero-order valence-electron chi connectivity index (χ0n) is 13.3. The first kappa shape index (κ1) is 16.4. The second-order valence-electron chi connectivity index (χ2n) is 5.71. The third kappa shape index (κ3) is 3.53. The number of carbonyl (C=O) groups excluding carboxylic acids is 2. The van der Waals surface area contributed by atoms with Crippen LogP contribution >= 0.6 is 11.3 Å². The Kier molecular flexibility index (Phi) is 4.75. The third-order valence-corrected chi connectivity index (χ3v) is 5.19. The lowest BCUT2D eigenvalue weighted by molar-refractivity contribution is 0.0845. The molecular formula is C16H18N4O3S. The van der Waals surface area contributed by atoms with Crippen molar-refractivity contribution in [3.05, 3.63) is 49.6 Å². The molecule has 0 spiro atoms. The van der Waals surface area contributed by atoms with E-state index in [1.54, 1.807) is 0 Å². The number of carbonyl (C=O) groups is 2. The molecule has 2 aromatic rings. The van der Waals surface area contributed by atoms with Gasteiger partial charge in [0.2, 0.25) is 0 Å². The maximum atomic E-state index is 12.2. The van der Waals surface area contributed by atoms with Crippen LogP contribution in [0.4, 0.5) is 0 Å². The van der Waals surface area contributed by atoms with E-state index in [0.29, 0.717) is 4.88 Å². The van der Waals surface area contributed by atoms with Gasteiger partial charge in [-0.05, 0) is 43.4 Å². The van der Waals surface area contributed by atoms with Gasteiger partial charge in [-0.25, -0.2) is 4.68 Å². The Hall–Kier alpha value is -2.48. The van der Waals surface area contributed by atoms with E-state index >= 15 is 0 Å². The summed E-state index contributed by atoms with van der Waals surface area (Å²) in [6.07, 6.45) is 5.56. The van der Waals surface area contributed by atoms with Crippen molar-refractivity contribution in [3.63, 3.8) is 0 Å². The molecule has 0 saturated heterocycles. The molecule has 7 nitrogen and oxygen atoms in total. The molecule has 0 unspecified atom stereocenters. The molecule has 8 heteroatoms. The number of amides is 2. The Morgan fingerprint density at radius 3 is 2.67 bits per heavy atom. The molecule has 2 heterocycles. The SMILES string of the molecule is Cn1nc(C(=O)NNC(=O)c2cc3c(s2)CCCCC3)ccc1=O. The van der Waals surface area contributed by atoms with Crippen molar-refractivity contribution in [2.45, 2.75) is 32.1 Å². The molecule has 24 heavy (non-hydrogen) atoms. The lowest BCUT2D eigenvalue weighted by atomic mass is 10.1. The lowest BCUT2D eigenvalue weighted by Crippen LogP contribution is -2.42.